The fraction of sp³-hybridized carbons (Fsp3) is 0.353. The molecule has 0 bridgehead atoms. The van der Waals surface area contributed by atoms with Crippen LogP contribution in [0, 0.1) is 0 Å². The Labute approximate surface area is 146 Å². The highest BCUT2D eigenvalue weighted by molar-refractivity contribution is 6.31. The van der Waals surface area contributed by atoms with Crippen molar-refractivity contribution < 1.29 is 9.59 Å². The Kier molecular flexibility index (Phi) is 5.98. The van der Waals surface area contributed by atoms with E-state index in [2.05, 4.69) is 10.4 Å². The summed E-state index contributed by atoms with van der Waals surface area (Å²) in [7, 11) is 1.59. The van der Waals surface area contributed by atoms with Gasteiger partial charge in [-0.2, -0.15) is 5.10 Å². The van der Waals surface area contributed by atoms with Crippen molar-refractivity contribution in [1.29, 1.82) is 0 Å². The van der Waals surface area contributed by atoms with Crippen molar-refractivity contribution in [2.45, 2.75) is 25.9 Å². The van der Waals surface area contributed by atoms with E-state index in [0.717, 1.165) is 5.56 Å². The molecule has 1 N–H and O–H groups in total. The van der Waals surface area contributed by atoms with Crippen LogP contribution < -0.4 is 5.32 Å². The summed E-state index contributed by atoms with van der Waals surface area (Å²) in [5, 5.41) is 7.83. The third-order valence-electron chi connectivity index (χ3n) is 3.81. The molecule has 0 fully saturated rings. The van der Waals surface area contributed by atoms with Crippen LogP contribution in [0.5, 0.6) is 0 Å². The predicted molar refractivity (Wildman–Crippen MR) is 92.7 cm³/mol. The molecule has 2 atom stereocenters. The van der Waals surface area contributed by atoms with Crippen molar-refractivity contribution >= 4 is 23.4 Å². The molecule has 0 saturated heterocycles. The Morgan fingerprint density at radius 1 is 1.33 bits per heavy atom. The number of nitrogens with zero attached hydrogens (tertiary/aromatic N) is 3. The highest BCUT2D eigenvalue weighted by atomic mass is 35.5. The van der Waals surface area contributed by atoms with Crippen molar-refractivity contribution in [2.75, 3.05) is 13.6 Å². The molecule has 0 spiro atoms. The van der Waals surface area contributed by atoms with Crippen molar-refractivity contribution in [3.63, 3.8) is 0 Å². The highest BCUT2D eigenvalue weighted by Gasteiger charge is 2.25. The van der Waals surface area contributed by atoms with Crippen LogP contribution in [0.2, 0.25) is 5.02 Å². The molecule has 2 unspecified atom stereocenters. The summed E-state index contributed by atoms with van der Waals surface area (Å²) in [6.45, 7) is 3.32. The Bertz CT molecular complexity index is 702. The fourth-order valence-electron chi connectivity index (χ4n) is 2.51. The molecule has 0 aliphatic rings. The summed E-state index contributed by atoms with van der Waals surface area (Å²) in [5.74, 6) is -0.392. The van der Waals surface area contributed by atoms with Gasteiger partial charge in [0.1, 0.15) is 0 Å². The number of aromatic nitrogens is 2. The fourth-order valence-corrected chi connectivity index (χ4v) is 2.75. The summed E-state index contributed by atoms with van der Waals surface area (Å²) in [6.07, 6.45) is 3.51. The number of likely N-dealkylation sites (N-methyl/N-ethyl adjacent to an activating group) is 1. The molecule has 2 aromatic rings. The molecular formula is C17H21ClN4O2. The van der Waals surface area contributed by atoms with Crippen LogP contribution in [0.25, 0.3) is 0 Å². The van der Waals surface area contributed by atoms with Crippen LogP contribution in [0.4, 0.5) is 0 Å². The maximum absolute atomic E-state index is 12.2. The van der Waals surface area contributed by atoms with Crippen LogP contribution in [0.3, 0.4) is 0 Å². The lowest BCUT2D eigenvalue weighted by Crippen LogP contribution is -2.44. The molecule has 0 radical (unpaired) electrons. The first kappa shape index (κ1) is 18.0. The van der Waals surface area contributed by atoms with Gasteiger partial charge in [0.2, 0.25) is 11.8 Å². The van der Waals surface area contributed by atoms with Crippen LogP contribution >= 0.6 is 11.6 Å². The number of hydrogen-bond donors (Lipinski definition) is 1. The van der Waals surface area contributed by atoms with E-state index in [-0.39, 0.29) is 30.4 Å². The van der Waals surface area contributed by atoms with E-state index in [0.29, 0.717) is 5.02 Å². The first-order chi connectivity index (χ1) is 11.4. The molecule has 1 aromatic carbocycles. The number of halogens is 1. The minimum Gasteiger partial charge on any atom is -0.350 e. The lowest BCUT2D eigenvalue weighted by Gasteiger charge is -2.27. The molecule has 24 heavy (non-hydrogen) atoms. The van der Waals surface area contributed by atoms with Gasteiger partial charge in [-0.3, -0.25) is 14.3 Å². The first-order valence-electron chi connectivity index (χ1n) is 7.64. The molecule has 7 heteroatoms. The molecule has 0 aliphatic carbocycles. The monoisotopic (exact) mass is 348 g/mol. The molecule has 1 aromatic heterocycles. The van der Waals surface area contributed by atoms with E-state index in [4.69, 9.17) is 11.6 Å². The molecule has 2 amide bonds. The lowest BCUT2D eigenvalue weighted by atomic mass is 10.0. The number of carbonyl (C=O) groups is 2. The second-order valence-corrected chi connectivity index (χ2v) is 6.09. The summed E-state index contributed by atoms with van der Waals surface area (Å²) >= 11 is 6.34. The SMILES string of the molecule is CC(=O)N(C)CC(=O)NC(C)C(c1ccccc1Cl)n1cccn1. The van der Waals surface area contributed by atoms with Crippen molar-refractivity contribution in [1.82, 2.24) is 20.0 Å². The quantitative estimate of drug-likeness (QED) is 0.869. The van der Waals surface area contributed by atoms with E-state index in [1.54, 1.807) is 17.9 Å². The molecule has 0 saturated carbocycles. The smallest absolute Gasteiger partial charge is 0.239 e. The molecule has 1 heterocycles. The number of rotatable bonds is 6. The second kappa shape index (κ2) is 7.97. The van der Waals surface area contributed by atoms with Crippen molar-refractivity contribution in [2.24, 2.45) is 0 Å². The van der Waals surface area contributed by atoms with Gasteiger partial charge < -0.3 is 10.2 Å². The second-order valence-electron chi connectivity index (χ2n) is 5.68. The van der Waals surface area contributed by atoms with Gasteiger partial charge in [-0.15, -0.1) is 0 Å². The highest BCUT2D eigenvalue weighted by Crippen LogP contribution is 2.28. The minimum atomic E-state index is -0.266. The predicted octanol–water partition coefficient (Wildman–Crippen LogP) is 2.11. The standard InChI is InChI=1S/C17H21ClN4O2/c1-12(20-16(24)11-21(3)13(2)23)17(22-10-6-9-19-22)14-7-4-5-8-15(14)18/h4-10,12,17H,11H2,1-3H3,(H,20,24). The maximum Gasteiger partial charge on any atom is 0.239 e. The number of hydrogen-bond acceptors (Lipinski definition) is 3. The van der Waals surface area contributed by atoms with E-state index >= 15 is 0 Å². The molecule has 0 aliphatic heterocycles. The normalized spacial score (nSPS) is 13.2. The topological polar surface area (TPSA) is 67.2 Å². The maximum atomic E-state index is 12.2. The average Bonchev–Trinajstić information content (AvgIpc) is 3.03. The number of nitrogens with one attached hydrogen (secondary N) is 1. The summed E-state index contributed by atoms with van der Waals surface area (Å²) in [6, 6.07) is 8.79. The third-order valence-corrected chi connectivity index (χ3v) is 4.16. The molecular weight excluding hydrogens is 328 g/mol. The van der Waals surface area contributed by atoms with Gasteiger partial charge in [0.05, 0.1) is 18.6 Å². The Morgan fingerprint density at radius 3 is 2.62 bits per heavy atom. The van der Waals surface area contributed by atoms with E-state index < -0.39 is 0 Å². The van der Waals surface area contributed by atoms with Gasteiger partial charge in [0, 0.05) is 31.4 Å². The Balaban J connectivity index is 2.20. The summed E-state index contributed by atoms with van der Waals surface area (Å²) < 4.78 is 1.76. The van der Waals surface area contributed by atoms with E-state index in [1.807, 2.05) is 43.5 Å². The van der Waals surface area contributed by atoms with Crippen molar-refractivity contribution in [3.8, 4) is 0 Å². The van der Waals surface area contributed by atoms with Crippen molar-refractivity contribution in [3.05, 3.63) is 53.3 Å². The lowest BCUT2D eigenvalue weighted by molar-refractivity contribution is -0.133. The number of carbonyl (C=O) groups excluding carboxylic acids is 2. The van der Waals surface area contributed by atoms with Crippen LogP contribution in [0.1, 0.15) is 25.5 Å². The average molecular weight is 349 g/mol. The first-order valence-corrected chi connectivity index (χ1v) is 8.02. The van der Waals surface area contributed by atoms with E-state index in [9.17, 15) is 9.59 Å². The van der Waals surface area contributed by atoms with Gasteiger partial charge in [0.25, 0.3) is 0 Å². The zero-order valence-electron chi connectivity index (χ0n) is 13.9. The van der Waals surface area contributed by atoms with Gasteiger partial charge in [-0.05, 0) is 24.6 Å². The zero-order chi connectivity index (χ0) is 17.7. The summed E-state index contributed by atoms with van der Waals surface area (Å²) in [5.41, 5.74) is 0.871. The number of amides is 2. The largest absolute Gasteiger partial charge is 0.350 e. The molecule has 2 rings (SSSR count). The van der Waals surface area contributed by atoms with Gasteiger partial charge in [0.15, 0.2) is 0 Å². The Morgan fingerprint density at radius 2 is 2.04 bits per heavy atom. The molecule has 6 nitrogen and oxygen atoms in total. The Hall–Kier alpha value is -2.34. The van der Waals surface area contributed by atoms with Crippen LogP contribution in [-0.4, -0.2) is 46.1 Å². The number of benzene rings is 1. The van der Waals surface area contributed by atoms with E-state index in [1.165, 1.54) is 11.8 Å². The molecule has 128 valence electrons. The zero-order valence-corrected chi connectivity index (χ0v) is 14.7. The van der Waals surface area contributed by atoms with Gasteiger partial charge in [-0.1, -0.05) is 29.8 Å². The van der Waals surface area contributed by atoms with Gasteiger partial charge in [-0.25, -0.2) is 0 Å². The minimum absolute atomic E-state index is 0.00796. The van der Waals surface area contributed by atoms with Crippen LogP contribution in [-0.2, 0) is 9.59 Å². The summed E-state index contributed by atoms with van der Waals surface area (Å²) in [4.78, 5) is 24.8. The van der Waals surface area contributed by atoms with Crippen LogP contribution in [0.15, 0.2) is 42.7 Å². The third kappa shape index (κ3) is 4.35. The van der Waals surface area contributed by atoms with Gasteiger partial charge >= 0.3 is 0 Å².